The molecule has 0 aliphatic heterocycles. The minimum absolute atomic E-state index is 0.111. The van der Waals surface area contributed by atoms with Crippen LogP contribution in [0.2, 0.25) is 4.34 Å². The Bertz CT molecular complexity index is 738. The lowest BCUT2D eigenvalue weighted by molar-refractivity contribution is -0.125. The standard InChI is InChI=1S/C17H20ClN3O2S2/c18-14-7-6-13(25-14)17-21-12(10-24-17)16(23)20-9-8-19-15(22)11-4-2-1-3-5-11/h6-7,10-11H,1-5,8-9H2,(H,19,22)(H,20,23). The van der Waals surface area contributed by atoms with E-state index in [1.807, 2.05) is 12.1 Å². The third-order valence-corrected chi connectivity index (χ3v) is 6.45. The summed E-state index contributed by atoms with van der Waals surface area (Å²) in [6.07, 6.45) is 5.46. The number of nitrogens with one attached hydrogen (secondary N) is 2. The second-order valence-electron chi connectivity index (χ2n) is 6.02. The van der Waals surface area contributed by atoms with E-state index in [9.17, 15) is 9.59 Å². The van der Waals surface area contributed by atoms with Gasteiger partial charge in [-0.1, -0.05) is 30.9 Å². The van der Waals surface area contributed by atoms with Crippen molar-refractivity contribution < 1.29 is 9.59 Å². The molecule has 1 aliphatic rings. The molecule has 0 spiro atoms. The highest BCUT2D eigenvalue weighted by Crippen LogP contribution is 2.32. The Kier molecular flexibility index (Phi) is 6.45. The molecule has 1 saturated carbocycles. The normalized spacial score (nSPS) is 15.1. The summed E-state index contributed by atoms with van der Waals surface area (Å²) in [7, 11) is 0. The van der Waals surface area contributed by atoms with Crippen LogP contribution < -0.4 is 10.6 Å². The van der Waals surface area contributed by atoms with Crippen LogP contribution in [0, 0.1) is 5.92 Å². The molecule has 2 heterocycles. The van der Waals surface area contributed by atoms with Gasteiger partial charge in [-0.2, -0.15) is 0 Å². The summed E-state index contributed by atoms with van der Waals surface area (Å²) in [6.45, 7) is 0.841. The molecule has 0 bridgehead atoms. The number of carbonyl (C=O) groups excluding carboxylic acids is 2. The van der Waals surface area contributed by atoms with Gasteiger partial charge in [0.2, 0.25) is 5.91 Å². The van der Waals surface area contributed by atoms with Gasteiger partial charge in [-0.15, -0.1) is 22.7 Å². The molecular weight excluding hydrogens is 378 g/mol. The van der Waals surface area contributed by atoms with E-state index in [4.69, 9.17) is 11.6 Å². The Morgan fingerprint density at radius 1 is 1.16 bits per heavy atom. The first-order valence-electron chi connectivity index (χ1n) is 8.40. The highest BCUT2D eigenvalue weighted by Gasteiger charge is 2.20. The zero-order chi connectivity index (χ0) is 17.6. The van der Waals surface area contributed by atoms with Crippen LogP contribution in [-0.4, -0.2) is 29.9 Å². The number of hydrogen-bond acceptors (Lipinski definition) is 5. The van der Waals surface area contributed by atoms with Gasteiger partial charge in [-0.05, 0) is 25.0 Å². The molecule has 2 amide bonds. The van der Waals surface area contributed by atoms with E-state index >= 15 is 0 Å². The minimum atomic E-state index is -0.225. The fraction of sp³-hybridized carbons (Fsp3) is 0.471. The van der Waals surface area contributed by atoms with Crippen LogP contribution in [0.3, 0.4) is 0 Å². The van der Waals surface area contributed by atoms with Gasteiger partial charge in [0.1, 0.15) is 10.7 Å². The maximum Gasteiger partial charge on any atom is 0.270 e. The van der Waals surface area contributed by atoms with Crippen molar-refractivity contribution in [3.8, 4) is 9.88 Å². The molecule has 8 heteroatoms. The van der Waals surface area contributed by atoms with Gasteiger partial charge < -0.3 is 10.6 Å². The predicted octanol–water partition coefficient (Wildman–Crippen LogP) is 3.95. The van der Waals surface area contributed by atoms with Crippen LogP contribution in [0.4, 0.5) is 0 Å². The van der Waals surface area contributed by atoms with Gasteiger partial charge >= 0.3 is 0 Å². The molecule has 0 saturated heterocycles. The van der Waals surface area contributed by atoms with E-state index in [0.717, 1.165) is 35.6 Å². The maximum absolute atomic E-state index is 12.1. The molecule has 5 nitrogen and oxygen atoms in total. The number of thiophene rings is 1. The van der Waals surface area contributed by atoms with E-state index in [0.29, 0.717) is 23.1 Å². The Hall–Kier alpha value is -1.44. The second-order valence-corrected chi connectivity index (χ2v) is 8.60. The molecule has 0 atom stereocenters. The molecule has 1 fully saturated rings. The summed E-state index contributed by atoms with van der Waals surface area (Å²) < 4.78 is 0.699. The smallest absolute Gasteiger partial charge is 0.270 e. The third kappa shape index (κ3) is 5.03. The lowest BCUT2D eigenvalue weighted by Gasteiger charge is -2.20. The average Bonchev–Trinajstić information content (AvgIpc) is 3.28. The van der Waals surface area contributed by atoms with Gasteiger partial charge in [-0.3, -0.25) is 9.59 Å². The van der Waals surface area contributed by atoms with Crippen molar-refractivity contribution in [1.29, 1.82) is 0 Å². The lowest BCUT2D eigenvalue weighted by Crippen LogP contribution is -2.38. The van der Waals surface area contributed by atoms with Crippen LogP contribution in [-0.2, 0) is 4.79 Å². The third-order valence-electron chi connectivity index (χ3n) is 4.21. The number of rotatable bonds is 6. The first-order chi connectivity index (χ1) is 12.1. The Balaban J connectivity index is 1.42. The summed E-state index contributed by atoms with van der Waals surface area (Å²) in [4.78, 5) is 29.5. The zero-order valence-electron chi connectivity index (χ0n) is 13.7. The Labute approximate surface area is 159 Å². The van der Waals surface area contributed by atoms with Crippen molar-refractivity contribution >= 4 is 46.1 Å². The van der Waals surface area contributed by atoms with E-state index < -0.39 is 0 Å². The molecular formula is C17H20ClN3O2S2. The van der Waals surface area contributed by atoms with Crippen LogP contribution in [0.5, 0.6) is 0 Å². The average molecular weight is 398 g/mol. The van der Waals surface area contributed by atoms with Gasteiger partial charge in [0.15, 0.2) is 0 Å². The molecule has 3 rings (SSSR count). The fourth-order valence-corrected chi connectivity index (χ4v) is 4.80. The molecule has 0 aromatic carbocycles. The first kappa shape index (κ1) is 18.4. The highest BCUT2D eigenvalue weighted by atomic mass is 35.5. The van der Waals surface area contributed by atoms with Crippen LogP contribution in [0.15, 0.2) is 17.5 Å². The van der Waals surface area contributed by atoms with Crippen LogP contribution >= 0.6 is 34.3 Å². The summed E-state index contributed by atoms with van der Waals surface area (Å²) >= 11 is 8.78. The second kappa shape index (κ2) is 8.78. The van der Waals surface area contributed by atoms with Crippen LogP contribution in [0.1, 0.15) is 42.6 Å². The molecule has 0 radical (unpaired) electrons. The van der Waals surface area contributed by atoms with Crippen molar-refractivity contribution in [3.63, 3.8) is 0 Å². The summed E-state index contributed by atoms with van der Waals surface area (Å²) in [6, 6.07) is 3.71. The number of aromatic nitrogens is 1. The molecule has 2 aromatic heterocycles. The fourth-order valence-electron chi connectivity index (χ4n) is 2.88. The molecule has 2 N–H and O–H groups in total. The molecule has 1 aliphatic carbocycles. The van der Waals surface area contributed by atoms with Gasteiger partial charge in [0, 0.05) is 24.4 Å². The topological polar surface area (TPSA) is 71.1 Å². The van der Waals surface area contributed by atoms with Gasteiger partial charge in [0.25, 0.3) is 5.91 Å². The lowest BCUT2D eigenvalue weighted by atomic mass is 9.89. The quantitative estimate of drug-likeness (QED) is 0.725. The molecule has 2 aromatic rings. The Morgan fingerprint density at radius 3 is 2.64 bits per heavy atom. The van der Waals surface area contributed by atoms with Crippen molar-refractivity contribution in [1.82, 2.24) is 15.6 Å². The van der Waals surface area contributed by atoms with Crippen molar-refractivity contribution in [2.24, 2.45) is 5.92 Å². The summed E-state index contributed by atoms with van der Waals surface area (Å²) in [5, 5.41) is 8.22. The van der Waals surface area contributed by atoms with Crippen LogP contribution in [0.25, 0.3) is 9.88 Å². The van der Waals surface area contributed by atoms with Crippen molar-refractivity contribution in [2.45, 2.75) is 32.1 Å². The minimum Gasteiger partial charge on any atom is -0.354 e. The first-order valence-corrected chi connectivity index (χ1v) is 10.5. The maximum atomic E-state index is 12.1. The summed E-state index contributed by atoms with van der Waals surface area (Å²) in [5.41, 5.74) is 0.392. The number of nitrogens with zero attached hydrogens (tertiary/aromatic N) is 1. The number of thiazole rings is 1. The van der Waals surface area contributed by atoms with E-state index in [1.54, 1.807) is 5.38 Å². The predicted molar refractivity (Wildman–Crippen MR) is 102 cm³/mol. The molecule has 0 unspecified atom stereocenters. The van der Waals surface area contributed by atoms with Gasteiger partial charge in [0.05, 0.1) is 9.21 Å². The number of hydrogen-bond donors (Lipinski definition) is 2. The SMILES string of the molecule is O=C(NCCNC(=O)C1CCCCC1)c1csc(-c2ccc(Cl)s2)n1. The van der Waals surface area contributed by atoms with Crippen molar-refractivity contribution in [3.05, 3.63) is 27.5 Å². The monoisotopic (exact) mass is 397 g/mol. The van der Waals surface area contributed by atoms with E-state index in [2.05, 4.69) is 15.6 Å². The summed E-state index contributed by atoms with van der Waals surface area (Å²) in [5.74, 6) is 0.0275. The highest BCUT2D eigenvalue weighted by molar-refractivity contribution is 7.23. The molecule has 134 valence electrons. The Morgan fingerprint density at radius 2 is 1.92 bits per heavy atom. The molecule has 25 heavy (non-hydrogen) atoms. The van der Waals surface area contributed by atoms with Crippen molar-refractivity contribution in [2.75, 3.05) is 13.1 Å². The van der Waals surface area contributed by atoms with Gasteiger partial charge in [-0.25, -0.2) is 4.98 Å². The zero-order valence-corrected chi connectivity index (χ0v) is 16.1. The van der Waals surface area contributed by atoms with E-state index in [1.165, 1.54) is 29.1 Å². The number of amides is 2. The number of halogens is 1. The van der Waals surface area contributed by atoms with E-state index in [-0.39, 0.29) is 17.7 Å². The number of carbonyl (C=O) groups is 2. The largest absolute Gasteiger partial charge is 0.354 e.